The van der Waals surface area contributed by atoms with Gasteiger partial charge in [-0.25, -0.2) is 0 Å². The number of hydrogen-bond donors (Lipinski definition) is 2. The fraction of sp³-hybridized carbons (Fsp3) is 0.950. The van der Waals surface area contributed by atoms with Crippen LogP contribution in [-0.4, -0.2) is 22.8 Å². The first-order valence-corrected chi connectivity index (χ1v) is 9.70. The Morgan fingerprint density at radius 3 is 2.52 bits per heavy atom. The van der Waals surface area contributed by atoms with Crippen molar-refractivity contribution in [2.24, 2.45) is 39.9 Å². The summed E-state index contributed by atoms with van der Waals surface area (Å²) in [5.41, 5.74) is 0.0811. The molecule has 2 N–H and O–H groups in total. The van der Waals surface area contributed by atoms with E-state index in [0.29, 0.717) is 29.8 Å². The molecule has 0 saturated heterocycles. The highest BCUT2D eigenvalue weighted by Crippen LogP contribution is 2.72. The van der Waals surface area contributed by atoms with E-state index in [1.54, 1.807) is 0 Å². The van der Waals surface area contributed by atoms with Gasteiger partial charge in [0.15, 0.2) is 0 Å². The number of aliphatic hydroxyl groups is 1. The van der Waals surface area contributed by atoms with E-state index in [2.05, 4.69) is 6.92 Å². The lowest BCUT2D eigenvalue weighted by Gasteiger charge is -2.63. The lowest BCUT2D eigenvalue weighted by Crippen LogP contribution is -2.58. The molecule has 130 valence electrons. The summed E-state index contributed by atoms with van der Waals surface area (Å²) in [6.07, 6.45) is 10.4. The minimum absolute atomic E-state index is 0.193. The third-order valence-electron chi connectivity index (χ3n) is 9.00. The van der Waals surface area contributed by atoms with E-state index >= 15 is 0 Å². The molecule has 7 atom stereocenters. The molecule has 3 heteroatoms. The lowest BCUT2D eigenvalue weighted by molar-refractivity contribution is -0.181. The van der Waals surface area contributed by atoms with E-state index in [0.717, 1.165) is 25.2 Å². The van der Waals surface area contributed by atoms with Gasteiger partial charge in [0.1, 0.15) is 0 Å². The number of aliphatic carboxylic acids is 1. The smallest absolute Gasteiger partial charge is 0.309 e. The number of aliphatic hydroxyl groups excluding tert-OH is 1. The molecule has 4 saturated carbocycles. The molecule has 1 spiro atoms. The standard InChI is InChI=1S/C20H32O3/c1-18-7-3-8-19(2,17(22)23)15(18)6-9-20-10-13(4-5-16(18)20)14(11-20)12-21/h13-16,21H,3-12H2,1-2H3,(H,22,23)/t13-,14-,15+,16+,18-,19+,20+/m0/s1. The number of hydrogen-bond acceptors (Lipinski definition) is 2. The van der Waals surface area contributed by atoms with E-state index in [9.17, 15) is 15.0 Å². The average Bonchev–Trinajstić information content (AvgIpc) is 2.77. The van der Waals surface area contributed by atoms with Crippen LogP contribution >= 0.6 is 0 Å². The summed E-state index contributed by atoms with van der Waals surface area (Å²) in [6.45, 7) is 4.80. The molecule has 0 aliphatic heterocycles. The van der Waals surface area contributed by atoms with Crippen molar-refractivity contribution in [2.45, 2.75) is 71.6 Å². The molecule has 4 fully saturated rings. The minimum Gasteiger partial charge on any atom is -0.481 e. The third-order valence-corrected chi connectivity index (χ3v) is 9.00. The summed E-state index contributed by atoms with van der Waals surface area (Å²) in [5, 5.41) is 19.7. The Balaban J connectivity index is 1.71. The Kier molecular flexibility index (Phi) is 3.44. The highest BCUT2D eigenvalue weighted by molar-refractivity contribution is 5.75. The summed E-state index contributed by atoms with van der Waals surface area (Å²) < 4.78 is 0. The molecule has 4 rings (SSSR count). The first kappa shape index (κ1) is 15.9. The number of carbonyl (C=O) groups is 1. The number of rotatable bonds is 2. The van der Waals surface area contributed by atoms with Gasteiger partial charge >= 0.3 is 5.97 Å². The van der Waals surface area contributed by atoms with Gasteiger partial charge in [-0.3, -0.25) is 4.79 Å². The molecule has 0 aromatic carbocycles. The summed E-state index contributed by atoms with van der Waals surface area (Å²) in [6, 6.07) is 0. The molecular weight excluding hydrogens is 288 g/mol. The molecule has 0 unspecified atom stereocenters. The van der Waals surface area contributed by atoms with Gasteiger partial charge < -0.3 is 10.2 Å². The van der Waals surface area contributed by atoms with Gasteiger partial charge in [0, 0.05) is 6.61 Å². The van der Waals surface area contributed by atoms with Crippen LogP contribution in [-0.2, 0) is 4.79 Å². The quantitative estimate of drug-likeness (QED) is 0.805. The van der Waals surface area contributed by atoms with Crippen LogP contribution < -0.4 is 0 Å². The molecule has 4 aliphatic rings. The van der Waals surface area contributed by atoms with Gasteiger partial charge in [0.25, 0.3) is 0 Å². The second kappa shape index (κ2) is 4.97. The second-order valence-corrected chi connectivity index (χ2v) is 9.78. The maximum absolute atomic E-state index is 12.1. The Hall–Kier alpha value is -0.570. The predicted octanol–water partition coefficient (Wildman–Crippen LogP) is 4.09. The van der Waals surface area contributed by atoms with Crippen molar-refractivity contribution in [3.05, 3.63) is 0 Å². The molecule has 0 radical (unpaired) electrons. The van der Waals surface area contributed by atoms with Gasteiger partial charge in [-0.2, -0.15) is 0 Å². The van der Waals surface area contributed by atoms with Gasteiger partial charge in [0.05, 0.1) is 5.41 Å². The maximum atomic E-state index is 12.1. The van der Waals surface area contributed by atoms with E-state index in [-0.39, 0.29) is 5.41 Å². The molecule has 4 aliphatic carbocycles. The van der Waals surface area contributed by atoms with E-state index in [1.165, 1.54) is 38.5 Å². The monoisotopic (exact) mass is 320 g/mol. The van der Waals surface area contributed by atoms with Crippen molar-refractivity contribution >= 4 is 5.97 Å². The van der Waals surface area contributed by atoms with Crippen LogP contribution in [0.25, 0.3) is 0 Å². The number of fused-ring (bicyclic) bond motifs is 3. The minimum atomic E-state index is -0.572. The van der Waals surface area contributed by atoms with Gasteiger partial charge in [-0.15, -0.1) is 0 Å². The second-order valence-electron chi connectivity index (χ2n) is 9.78. The third kappa shape index (κ3) is 1.95. The summed E-state index contributed by atoms with van der Waals surface area (Å²) in [4.78, 5) is 12.1. The van der Waals surface area contributed by atoms with Crippen molar-refractivity contribution in [1.82, 2.24) is 0 Å². The van der Waals surface area contributed by atoms with Crippen molar-refractivity contribution in [1.29, 1.82) is 0 Å². The Morgan fingerprint density at radius 2 is 1.83 bits per heavy atom. The molecule has 0 heterocycles. The molecule has 0 amide bonds. The van der Waals surface area contributed by atoms with E-state index < -0.39 is 11.4 Å². The van der Waals surface area contributed by atoms with Crippen molar-refractivity contribution in [2.75, 3.05) is 6.61 Å². The summed E-state index contributed by atoms with van der Waals surface area (Å²) in [5.74, 6) is 1.68. The summed E-state index contributed by atoms with van der Waals surface area (Å²) in [7, 11) is 0. The van der Waals surface area contributed by atoms with Crippen LogP contribution in [0.15, 0.2) is 0 Å². The lowest BCUT2D eigenvalue weighted by atomic mass is 9.41. The SMILES string of the molecule is C[C@]12CCC[C@@](C)(C(=O)O)[C@@H]1CC[C@@]13C[C@@H](CO)[C@@H](CC[C@@H]12)C3. The summed E-state index contributed by atoms with van der Waals surface area (Å²) >= 11 is 0. The number of carboxylic acids is 1. The Labute approximate surface area is 139 Å². The zero-order chi connectivity index (χ0) is 16.5. The molecule has 3 nitrogen and oxygen atoms in total. The molecule has 2 bridgehead atoms. The first-order valence-electron chi connectivity index (χ1n) is 9.70. The predicted molar refractivity (Wildman–Crippen MR) is 88.9 cm³/mol. The largest absolute Gasteiger partial charge is 0.481 e. The van der Waals surface area contributed by atoms with Crippen molar-refractivity contribution in [3.8, 4) is 0 Å². The molecule has 23 heavy (non-hydrogen) atoms. The van der Waals surface area contributed by atoms with Crippen LogP contribution in [0.4, 0.5) is 0 Å². The van der Waals surface area contributed by atoms with Crippen LogP contribution in [0.3, 0.4) is 0 Å². The first-order chi connectivity index (χ1) is 10.9. The van der Waals surface area contributed by atoms with E-state index in [4.69, 9.17) is 0 Å². The van der Waals surface area contributed by atoms with Crippen molar-refractivity contribution < 1.29 is 15.0 Å². The molecular formula is C20H32O3. The van der Waals surface area contributed by atoms with Crippen LogP contribution in [0.2, 0.25) is 0 Å². The topological polar surface area (TPSA) is 57.5 Å². The zero-order valence-corrected chi connectivity index (χ0v) is 14.7. The van der Waals surface area contributed by atoms with E-state index in [1.807, 2.05) is 6.92 Å². The van der Waals surface area contributed by atoms with Gasteiger partial charge in [-0.1, -0.05) is 13.3 Å². The average molecular weight is 320 g/mol. The Bertz CT molecular complexity index is 517. The fourth-order valence-electron chi connectivity index (χ4n) is 8.06. The zero-order valence-electron chi connectivity index (χ0n) is 14.7. The molecule has 0 aromatic heterocycles. The van der Waals surface area contributed by atoms with Crippen LogP contribution in [0.1, 0.15) is 71.6 Å². The van der Waals surface area contributed by atoms with Gasteiger partial charge in [-0.05, 0) is 92.8 Å². The highest BCUT2D eigenvalue weighted by Gasteiger charge is 2.65. The highest BCUT2D eigenvalue weighted by atomic mass is 16.4. The maximum Gasteiger partial charge on any atom is 0.309 e. The fourth-order valence-corrected chi connectivity index (χ4v) is 8.06. The Morgan fingerprint density at radius 1 is 1.04 bits per heavy atom. The normalized spacial score (nSPS) is 55.1. The van der Waals surface area contributed by atoms with Crippen LogP contribution in [0.5, 0.6) is 0 Å². The number of carboxylic acid groups (broad SMARTS) is 1. The molecule has 0 aromatic rings. The van der Waals surface area contributed by atoms with Crippen LogP contribution in [0, 0.1) is 39.9 Å². The van der Waals surface area contributed by atoms with Gasteiger partial charge in [0.2, 0.25) is 0 Å². The van der Waals surface area contributed by atoms with Crippen molar-refractivity contribution in [3.63, 3.8) is 0 Å².